The fourth-order valence-electron chi connectivity index (χ4n) is 3.49. The van der Waals surface area contributed by atoms with Crippen LogP contribution < -0.4 is 5.14 Å². The van der Waals surface area contributed by atoms with Crippen molar-refractivity contribution in [2.75, 3.05) is 14.1 Å². The second kappa shape index (κ2) is 9.81. The molecule has 30 heavy (non-hydrogen) atoms. The highest BCUT2D eigenvalue weighted by Crippen LogP contribution is 2.30. The van der Waals surface area contributed by atoms with Gasteiger partial charge in [-0.15, -0.1) is 4.36 Å². The Morgan fingerprint density at radius 3 is 2.17 bits per heavy atom. The highest BCUT2D eigenvalue weighted by atomic mass is 32.2. The average molecular weight is 434 g/mol. The SMILES string of the molecule is CC(C)c1cc(F)cc(C(C)C)c1CC(=O)N=S(N)(=O)c1cccc(CN(C)C)c1. The van der Waals surface area contributed by atoms with E-state index in [9.17, 15) is 13.4 Å². The molecule has 1 atom stereocenters. The topological polar surface area (TPSA) is 75.8 Å². The molecule has 2 N–H and O–H groups in total. The van der Waals surface area contributed by atoms with E-state index in [0.717, 1.165) is 22.3 Å². The van der Waals surface area contributed by atoms with Crippen LogP contribution in [0.15, 0.2) is 45.7 Å². The average Bonchev–Trinajstić information content (AvgIpc) is 2.61. The van der Waals surface area contributed by atoms with E-state index < -0.39 is 15.8 Å². The monoisotopic (exact) mass is 433 g/mol. The summed E-state index contributed by atoms with van der Waals surface area (Å²) >= 11 is 0. The highest BCUT2D eigenvalue weighted by Gasteiger charge is 2.20. The number of nitrogens with zero attached hydrogens (tertiary/aromatic N) is 2. The summed E-state index contributed by atoms with van der Waals surface area (Å²) < 4.78 is 31.0. The number of carbonyl (C=O) groups is 1. The molecule has 2 aromatic carbocycles. The van der Waals surface area contributed by atoms with Crippen LogP contribution in [-0.4, -0.2) is 29.1 Å². The molecule has 0 heterocycles. The quantitative estimate of drug-likeness (QED) is 0.693. The lowest BCUT2D eigenvalue weighted by Gasteiger charge is -2.19. The molecule has 0 aliphatic heterocycles. The molecule has 2 rings (SSSR count). The number of amides is 1. The first-order valence-electron chi connectivity index (χ1n) is 10.0. The molecule has 164 valence electrons. The number of halogens is 1. The molecular formula is C23H32FN3O2S. The first-order chi connectivity index (χ1) is 13.9. The van der Waals surface area contributed by atoms with Crippen molar-refractivity contribution in [3.05, 3.63) is 64.5 Å². The van der Waals surface area contributed by atoms with Crippen molar-refractivity contribution in [1.29, 1.82) is 0 Å². The Bertz CT molecular complexity index is 1010. The van der Waals surface area contributed by atoms with Gasteiger partial charge in [0.1, 0.15) is 15.7 Å². The molecular weight excluding hydrogens is 401 g/mol. The van der Waals surface area contributed by atoms with E-state index in [0.29, 0.717) is 11.4 Å². The van der Waals surface area contributed by atoms with Crippen LogP contribution in [0.1, 0.15) is 61.8 Å². The lowest BCUT2D eigenvalue weighted by Crippen LogP contribution is -2.18. The Morgan fingerprint density at radius 1 is 1.10 bits per heavy atom. The van der Waals surface area contributed by atoms with Gasteiger partial charge in [0.15, 0.2) is 0 Å². The molecule has 0 spiro atoms. The van der Waals surface area contributed by atoms with E-state index >= 15 is 0 Å². The van der Waals surface area contributed by atoms with Gasteiger partial charge in [0.25, 0.3) is 5.91 Å². The third-order valence-electron chi connectivity index (χ3n) is 4.83. The third-order valence-corrected chi connectivity index (χ3v) is 6.23. The van der Waals surface area contributed by atoms with Crippen molar-refractivity contribution in [3.8, 4) is 0 Å². The van der Waals surface area contributed by atoms with Gasteiger partial charge >= 0.3 is 0 Å². The first kappa shape index (κ1) is 24.2. The standard InChI is InChI=1S/C23H32FN3O2S/c1-15(2)20-11-18(24)12-21(16(3)4)22(20)13-23(28)26-30(25,29)19-9-7-8-17(10-19)14-27(5)6/h7-12,15-16H,13-14H2,1-6H3,(H2,25,26,28,29). The Labute approximate surface area is 179 Å². The molecule has 0 aliphatic rings. The third kappa shape index (κ3) is 6.20. The van der Waals surface area contributed by atoms with Crippen molar-refractivity contribution in [2.24, 2.45) is 9.50 Å². The number of nitrogens with two attached hydrogens (primary N) is 1. The number of hydrogen-bond donors (Lipinski definition) is 1. The van der Waals surface area contributed by atoms with Crippen LogP contribution in [0.2, 0.25) is 0 Å². The minimum absolute atomic E-state index is 0.0333. The molecule has 0 radical (unpaired) electrons. The minimum atomic E-state index is -3.38. The van der Waals surface area contributed by atoms with Gasteiger partial charge in [-0.25, -0.2) is 13.7 Å². The second-order valence-electron chi connectivity index (χ2n) is 8.49. The van der Waals surface area contributed by atoms with E-state index in [4.69, 9.17) is 5.14 Å². The summed E-state index contributed by atoms with van der Waals surface area (Å²) in [6, 6.07) is 9.93. The minimum Gasteiger partial charge on any atom is -0.305 e. The number of rotatable bonds is 7. The Kier molecular flexibility index (Phi) is 7.91. The molecule has 0 saturated carbocycles. The van der Waals surface area contributed by atoms with Crippen LogP contribution >= 0.6 is 0 Å². The molecule has 1 unspecified atom stereocenters. The normalized spacial score (nSPS) is 13.7. The zero-order valence-electron chi connectivity index (χ0n) is 18.6. The summed E-state index contributed by atoms with van der Waals surface area (Å²) in [6.07, 6.45) is -0.0626. The molecule has 5 nitrogen and oxygen atoms in total. The number of hydrogen-bond acceptors (Lipinski definition) is 3. The smallest absolute Gasteiger partial charge is 0.259 e. The number of carbonyl (C=O) groups excluding carboxylic acids is 1. The van der Waals surface area contributed by atoms with Gasteiger partial charge in [-0.05, 0) is 72.5 Å². The van der Waals surface area contributed by atoms with Crippen LogP contribution in [0.5, 0.6) is 0 Å². The summed E-state index contributed by atoms with van der Waals surface area (Å²) in [5.41, 5.74) is 3.20. The molecule has 7 heteroatoms. The van der Waals surface area contributed by atoms with Crippen LogP contribution in [0.4, 0.5) is 4.39 Å². The highest BCUT2D eigenvalue weighted by molar-refractivity contribution is 7.91. The van der Waals surface area contributed by atoms with Crippen molar-refractivity contribution in [1.82, 2.24) is 4.90 Å². The lowest BCUT2D eigenvalue weighted by molar-refractivity contribution is -0.117. The van der Waals surface area contributed by atoms with E-state index in [1.807, 2.05) is 52.8 Å². The maximum absolute atomic E-state index is 14.1. The summed E-state index contributed by atoms with van der Waals surface area (Å²) in [4.78, 5) is 15.1. The van der Waals surface area contributed by atoms with Crippen molar-refractivity contribution in [3.63, 3.8) is 0 Å². The van der Waals surface area contributed by atoms with Crippen molar-refractivity contribution in [2.45, 2.75) is 57.4 Å². The maximum atomic E-state index is 14.1. The first-order valence-corrected chi connectivity index (χ1v) is 11.6. The molecule has 0 saturated heterocycles. The van der Waals surface area contributed by atoms with Gasteiger partial charge < -0.3 is 4.90 Å². The molecule has 0 aliphatic carbocycles. The zero-order valence-corrected chi connectivity index (χ0v) is 19.4. The predicted octanol–water partition coefficient (Wildman–Crippen LogP) is 4.60. The maximum Gasteiger partial charge on any atom is 0.259 e. The zero-order chi connectivity index (χ0) is 22.6. The predicted molar refractivity (Wildman–Crippen MR) is 120 cm³/mol. The van der Waals surface area contributed by atoms with Crippen LogP contribution in [0, 0.1) is 5.82 Å². The van der Waals surface area contributed by atoms with Gasteiger partial charge in [0.2, 0.25) is 0 Å². The Morgan fingerprint density at radius 2 is 1.67 bits per heavy atom. The van der Waals surface area contributed by atoms with Crippen LogP contribution in [0.3, 0.4) is 0 Å². The molecule has 1 amide bonds. The molecule has 0 bridgehead atoms. The van der Waals surface area contributed by atoms with E-state index in [2.05, 4.69) is 4.36 Å². The summed E-state index contributed by atoms with van der Waals surface area (Å²) in [5.74, 6) is -0.830. The van der Waals surface area contributed by atoms with Gasteiger partial charge in [0, 0.05) is 6.54 Å². The summed E-state index contributed by atoms with van der Waals surface area (Å²) in [5, 5.41) is 5.98. The lowest BCUT2D eigenvalue weighted by atomic mass is 9.87. The fraction of sp³-hybridized carbons (Fsp3) is 0.435. The van der Waals surface area contributed by atoms with Crippen molar-refractivity contribution >= 4 is 15.8 Å². The summed E-state index contributed by atoms with van der Waals surface area (Å²) in [6.45, 7) is 8.46. The molecule has 0 aromatic heterocycles. The van der Waals surface area contributed by atoms with Gasteiger partial charge in [-0.2, -0.15) is 0 Å². The fourth-order valence-corrected chi connectivity index (χ4v) is 4.56. The van der Waals surface area contributed by atoms with Crippen LogP contribution in [0.25, 0.3) is 0 Å². The molecule has 2 aromatic rings. The van der Waals surface area contributed by atoms with E-state index in [1.165, 1.54) is 12.1 Å². The number of benzene rings is 2. The van der Waals surface area contributed by atoms with E-state index in [-0.39, 0.29) is 24.1 Å². The van der Waals surface area contributed by atoms with E-state index in [1.54, 1.807) is 18.2 Å². The summed E-state index contributed by atoms with van der Waals surface area (Å²) in [7, 11) is 0.485. The molecule has 0 fully saturated rings. The van der Waals surface area contributed by atoms with Crippen molar-refractivity contribution < 1.29 is 13.4 Å². The largest absolute Gasteiger partial charge is 0.305 e. The second-order valence-corrected chi connectivity index (χ2v) is 10.3. The van der Waals surface area contributed by atoms with Gasteiger partial charge in [0.05, 0.1) is 11.3 Å². The van der Waals surface area contributed by atoms with Crippen LogP contribution in [-0.2, 0) is 27.7 Å². The Balaban J connectivity index is 2.43. The van der Waals surface area contributed by atoms with Gasteiger partial charge in [-0.3, -0.25) is 4.79 Å². The van der Waals surface area contributed by atoms with Gasteiger partial charge in [-0.1, -0.05) is 39.8 Å². The Hall–Kier alpha value is -2.09.